The zero-order valence-electron chi connectivity index (χ0n) is 9.96. The molecule has 9 heteroatoms. The Morgan fingerprint density at radius 2 is 2.10 bits per heavy atom. The lowest BCUT2D eigenvalue weighted by Crippen LogP contribution is -2.16. The first kappa shape index (κ1) is 15.8. The quantitative estimate of drug-likeness (QED) is 0.635. The number of carbonyl (C=O) groups is 1. The Morgan fingerprint density at radius 1 is 1.50 bits per heavy atom. The Bertz CT molecular complexity index is 563. The van der Waals surface area contributed by atoms with Crippen LogP contribution >= 0.6 is 0 Å². The van der Waals surface area contributed by atoms with Crippen molar-refractivity contribution in [3.8, 4) is 6.07 Å². The number of halogens is 5. The van der Waals surface area contributed by atoms with E-state index in [0.29, 0.717) is 6.07 Å². The number of nitriles is 1. The molecule has 0 N–H and O–H groups in total. The zero-order chi connectivity index (χ0) is 15.5. The van der Waals surface area contributed by atoms with Crippen molar-refractivity contribution in [2.24, 2.45) is 0 Å². The molecular weight excluding hydrogens is 287 g/mol. The number of ether oxygens (including phenoxy) is 1. The summed E-state index contributed by atoms with van der Waals surface area (Å²) in [5, 5.41) is 8.70. The number of aromatic nitrogens is 1. The van der Waals surface area contributed by atoms with Crippen molar-refractivity contribution in [1.82, 2.24) is 4.98 Å². The van der Waals surface area contributed by atoms with Gasteiger partial charge in [0.2, 0.25) is 0 Å². The topological polar surface area (TPSA) is 63.0 Å². The van der Waals surface area contributed by atoms with Crippen molar-refractivity contribution in [2.75, 3.05) is 7.11 Å². The van der Waals surface area contributed by atoms with E-state index >= 15 is 0 Å². The van der Waals surface area contributed by atoms with Crippen molar-refractivity contribution >= 4 is 5.97 Å². The van der Waals surface area contributed by atoms with E-state index in [1.54, 1.807) is 0 Å². The Balaban J connectivity index is 3.46. The van der Waals surface area contributed by atoms with Gasteiger partial charge in [-0.15, -0.1) is 0 Å². The number of pyridine rings is 1. The largest absolute Gasteiger partial charge is 0.469 e. The lowest BCUT2D eigenvalue weighted by molar-refractivity contribution is -0.143. The third kappa shape index (κ3) is 3.40. The number of nitrogens with zero attached hydrogens (tertiary/aromatic N) is 2. The van der Waals surface area contributed by atoms with Crippen molar-refractivity contribution in [1.29, 1.82) is 5.26 Å². The van der Waals surface area contributed by atoms with Crippen LogP contribution in [-0.4, -0.2) is 18.1 Å². The lowest BCUT2D eigenvalue weighted by Gasteiger charge is -2.13. The number of esters is 1. The highest BCUT2D eigenvalue weighted by Crippen LogP contribution is 2.36. The molecule has 1 aromatic heterocycles. The fourth-order valence-corrected chi connectivity index (χ4v) is 1.43. The van der Waals surface area contributed by atoms with Crippen LogP contribution in [0.15, 0.2) is 6.07 Å². The van der Waals surface area contributed by atoms with E-state index in [9.17, 15) is 26.7 Å². The molecule has 0 amide bonds. The molecule has 0 bridgehead atoms. The van der Waals surface area contributed by atoms with Crippen LogP contribution < -0.4 is 0 Å². The first-order valence-electron chi connectivity index (χ1n) is 5.06. The maximum absolute atomic E-state index is 12.7. The predicted molar refractivity (Wildman–Crippen MR) is 54.6 cm³/mol. The Kier molecular flexibility index (Phi) is 4.60. The van der Waals surface area contributed by atoms with Crippen LogP contribution in [0.3, 0.4) is 0 Å². The Hall–Kier alpha value is -2.24. The molecule has 0 fully saturated rings. The van der Waals surface area contributed by atoms with Gasteiger partial charge < -0.3 is 4.74 Å². The number of alkyl halides is 5. The molecule has 0 saturated heterocycles. The second kappa shape index (κ2) is 5.81. The summed E-state index contributed by atoms with van der Waals surface area (Å²) < 4.78 is 67.3. The molecule has 0 atom stereocenters. The molecule has 0 aliphatic carbocycles. The standard InChI is InChI=1S/C11H7F5N2O2/c1-20-8(19)3-5-2-6(10(12)13)9(11(14,15)16)18-7(5)4-17/h2,10H,3H2,1H3. The van der Waals surface area contributed by atoms with E-state index < -0.39 is 41.9 Å². The van der Waals surface area contributed by atoms with E-state index in [0.717, 1.165) is 7.11 Å². The van der Waals surface area contributed by atoms with Crippen molar-refractivity contribution in [3.63, 3.8) is 0 Å². The van der Waals surface area contributed by atoms with E-state index in [-0.39, 0.29) is 5.56 Å². The van der Waals surface area contributed by atoms with Gasteiger partial charge in [-0.25, -0.2) is 13.8 Å². The average molecular weight is 294 g/mol. The first-order chi connectivity index (χ1) is 9.20. The number of hydrogen-bond acceptors (Lipinski definition) is 4. The molecule has 1 aromatic rings. The zero-order valence-corrected chi connectivity index (χ0v) is 9.96. The van der Waals surface area contributed by atoms with Gasteiger partial charge in [0.15, 0.2) is 5.69 Å². The van der Waals surface area contributed by atoms with Crippen LogP contribution in [0.1, 0.15) is 28.9 Å². The summed E-state index contributed by atoms with van der Waals surface area (Å²) in [4.78, 5) is 13.9. The molecular formula is C11H7F5N2O2. The molecule has 1 rings (SSSR count). The van der Waals surface area contributed by atoms with Gasteiger partial charge in [0.1, 0.15) is 11.8 Å². The van der Waals surface area contributed by atoms with Gasteiger partial charge in [-0.2, -0.15) is 18.4 Å². The minimum Gasteiger partial charge on any atom is -0.469 e. The van der Waals surface area contributed by atoms with Gasteiger partial charge in [0.25, 0.3) is 6.43 Å². The minimum atomic E-state index is -5.12. The second-order valence-electron chi connectivity index (χ2n) is 3.60. The third-order valence-electron chi connectivity index (χ3n) is 2.30. The molecule has 108 valence electrons. The maximum Gasteiger partial charge on any atom is 0.433 e. The lowest BCUT2D eigenvalue weighted by atomic mass is 10.0. The number of rotatable bonds is 3. The summed E-state index contributed by atoms with van der Waals surface area (Å²) in [6.45, 7) is 0. The molecule has 0 aliphatic heterocycles. The molecule has 0 aromatic carbocycles. The van der Waals surface area contributed by atoms with Gasteiger partial charge in [-0.05, 0) is 6.07 Å². The van der Waals surface area contributed by atoms with Gasteiger partial charge in [0, 0.05) is 11.1 Å². The number of carbonyl (C=O) groups excluding carboxylic acids is 1. The highest BCUT2D eigenvalue weighted by molar-refractivity contribution is 5.73. The van der Waals surface area contributed by atoms with Crippen LogP contribution in [0.25, 0.3) is 0 Å². The fourth-order valence-electron chi connectivity index (χ4n) is 1.43. The molecule has 0 saturated carbocycles. The SMILES string of the molecule is COC(=O)Cc1cc(C(F)F)c(C(F)(F)F)nc1C#N. The van der Waals surface area contributed by atoms with E-state index in [4.69, 9.17) is 5.26 Å². The highest BCUT2D eigenvalue weighted by atomic mass is 19.4. The summed E-state index contributed by atoms with van der Waals surface area (Å²) in [6.07, 6.45) is -9.19. The summed E-state index contributed by atoms with van der Waals surface area (Å²) in [5.74, 6) is -0.886. The molecule has 0 unspecified atom stereocenters. The second-order valence-corrected chi connectivity index (χ2v) is 3.60. The fraction of sp³-hybridized carbons (Fsp3) is 0.364. The Morgan fingerprint density at radius 3 is 2.50 bits per heavy atom. The summed E-state index contributed by atoms with van der Waals surface area (Å²) >= 11 is 0. The Labute approximate surface area is 109 Å². The molecule has 1 heterocycles. The smallest absolute Gasteiger partial charge is 0.433 e. The van der Waals surface area contributed by atoms with Crippen LogP contribution in [0.5, 0.6) is 0 Å². The molecule has 0 radical (unpaired) electrons. The van der Waals surface area contributed by atoms with Gasteiger partial charge in [0.05, 0.1) is 13.5 Å². The molecule has 0 aliphatic rings. The maximum atomic E-state index is 12.7. The average Bonchev–Trinajstić information content (AvgIpc) is 2.36. The molecule has 4 nitrogen and oxygen atoms in total. The van der Waals surface area contributed by atoms with Crippen LogP contribution in [-0.2, 0) is 22.1 Å². The predicted octanol–water partition coefficient (Wildman–Crippen LogP) is 2.63. The number of hydrogen-bond donors (Lipinski definition) is 0. The van der Waals surface area contributed by atoms with E-state index in [1.165, 1.54) is 6.07 Å². The van der Waals surface area contributed by atoms with Crippen LogP contribution in [0.2, 0.25) is 0 Å². The van der Waals surface area contributed by atoms with Crippen molar-refractivity contribution in [3.05, 3.63) is 28.6 Å². The normalized spacial score (nSPS) is 11.3. The monoisotopic (exact) mass is 294 g/mol. The van der Waals surface area contributed by atoms with E-state index in [1.807, 2.05) is 0 Å². The third-order valence-corrected chi connectivity index (χ3v) is 2.30. The van der Waals surface area contributed by atoms with Crippen LogP contribution in [0, 0.1) is 11.3 Å². The van der Waals surface area contributed by atoms with Gasteiger partial charge >= 0.3 is 12.1 Å². The van der Waals surface area contributed by atoms with Gasteiger partial charge in [-0.1, -0.05) is 0 Å². The van der Waals surface area contributed by atoms with Crippen molar-refractivity contribution in [2.45, 2.75) is 19.0 Å². The van der Waals surface area contributed by atoms with E-state index in [2.05, 4.69) is 9.72 Å². The molecule has 0 spiro atoms. The van der Waals surface area contributed by atoms with Gasteiger partial charge in [-0.3, -0.25) is 4.79 Å². The number of methoxy groups -OCH3 is 1. The van der Waals surface area contributed by atoms with Crippen LogP contribution in [0.4, 0.5) is 22.0 Å². The summed E-state index contributed by atoms with van der Waals surface area (Å²) in [5.41, 5.74) is -4.30. The van der Waals surface area contributed by atoms with Crippen molar-refractivity contribution < 1.29 is 31.5 Å². The minimum absolute atomic E-state index is 0.345. The molecule has 20 heavy (non-hydrogen) atoms. The highest BCUT2D eigenvalue weighted by Gasteiger charge is 2.38. The first-order valence-corrected chi connectivity index (χ1v) is 5.06. The summed E-state index contributed by atoms with van der Waals surface area (Å²) in [6, 6.07) is 1.79. The summed E-state index contributed by atoms with van der Waals surface area (Å²) in [7, 11) is 1.01.